The number of rotatable bonds is 2. The molecule has 2 fully saturated rings. The second-order valence-electron chi connectivity index (χ2n) is 5.25. The van der Waals surface area contributed by atoms with E-state index in [4.69, 9.17) is 0 Å². The molecule has 0 aliphatic heterocycles. The predicted molar refractivity (Wildman–Crippen MR) is 65.3 cm³/mol. The molecule has 0 aromatic heterocycles. The van der Waals surface area contributed by atoms with Gasteiger partial charge in [-0.25, -0.2) is 0 Å². The second-order valence-corrected chi connectivity index (χ2v) is 13.2. The first kappa shape index (κ1) is 11.3. The third-order valence-corrected chi connectivity index (χ3v) is 13.8. The Kier molecular flexibility index (Phi) is 4.67. The van der Waals surface area contributed by atoms with Crippen molar-refractivity contribution in [2.75, 3.05) is 0 Å². The Hall–Kier alpha value is 0.818. The van der Waals surface area contributed by atoms with Crippen LogP contribution in [0.2, 0.25) is 12.6 Å². The van der Waals surface area contributed by atoms with Crippen molar-refractivity contribution >= 4 is 20.2 Å². The van der Waals surface area contributed by atoms with Crippen LogP contribution in [-0.4, -0.2) is 20.2 Å². The van der Waals surface area contributed by atoms with E-state index < -0.39 is 20.2 Å². The molecule has 1 heteroatoms. The van der Waals surface area contributed by atoms with Gasteiger partial charge in [-0.05, 0) is 0 Å². The fraction of sp³-hybridized carbons (Fsp3) is 1.00. The van der Waals surface area contributed by atoms with Crippen molar-refractivity contribution in [2.45, 2.75) is 76.8 Å². The van der Waals surface area contributed by atoms with Gasteiger partial charge < -0.3 is 0 Å². The SMILES string of the molecule is [CH3][Sb]([CH]1CCCCC1)[CH]1CCCCC1. The molecular weight excluding hydrogens is 278 g/mol. The first-order valence-electron chi connectivity index (χ1n) is 6.60. The minimum absolute atomic E-state index is 0.814. The van der Waals surface area contributed by atoms with Gasteiger partial charge in [0.25, 0.3) is 0 Å². The van der Waals surface area contributed by atoms with Crippen LogP contribution in [0.4, 0.5) is 0 Å². The summed E-state index contributed by atoms with van der Waals surface area (Å²) in [6.45, 7) is 0. The van der Waals surface area contributed by atoms with Crippen molar-refractivity contribution in [3.05, 3.63) is 0 Å². The summed E-state index contributed by atoms with van der Waals surface area (Å²) in [6.07, 6.45) is 15.8. The molecule has 0 unspecified atom stereocenters. The van der Waals surface area contributed by atoms with Gasteiger partial charge >= 0.3 is 97.0 Å². The molecule has 0 atom stereocenters. The topological polar surface area (TPSA) is 0 Å². The van der Waals surface area contributed by atoms with Crippen LogP contribution in [0.3, 0.4) is 0 Å². The normalized spacial score (nSPS) is 27.0. The van der Waals surface area contributed by atoms with Crippen molar-refractivity contribution in [2.24, 2.45) is 0 Å². The van der Waals surface area contributed by atoms with Gasteiger partial charge in [0.15, 0.2) is 0 Å². The summed E-state index contributed by atoms with van der Waals surface area (Å²) >= 11 is -0.814. The Morgan fingerprint density at radius 1 is 0.643 bits per heavy atom. The Morgan fingerprint density at radius 3 is 1.36 bits per heavy atom. The molecule has 2 rings (SSSR count). The summed E-state index contributed by atoms with van der Waals surface area (Å²) in [5.41, 5.74) is 0. The van der Waals surface area contributed by atoms with E-state index in [1.807, 2.05) is 0 Å². The van der Waals surface area contributed by atoms with Crippen molar-refractivity contribution in [3.8, 4) is 0 Å². The third-order valence-electron chi connectivity index (χ3n) is 4.30. The van der Waals surface area contributed by atoms with Crippen LogP contribution < -0.4 is 0 Å². The minimum atomic E-state index is -0.814. The van der Waals surface area contributed by atoms with Crippen LogP contribution >= 0.6 is 0 Å². The van der Waals surface area contributed by atoms with E-state index in [0.717, 1.165) is 0 Å². The first-order chi connectivity index (χ1) is 6.88. The Morgan fingerprint density at radius 2 is 1.00 bits per heavy atom. The second kappa shape index (κ2) is 5.78. The summed E-state index contributed by atoms with van der Waals surface area (Å²) in [5, 5.41) is 0. The molecule has 0 saturated heterocycles. The van der Waals surface area contributed by atoms with Crippen molar-refractivity contribution in [3.63, 3.8) is 0 Å². The summed E-state index contributed by atoms with van der Waals surface area (Å²) < 4.78 is 2.55. The molecule has 0 radical (unpaired) electrons. The van der Waals surface area contributed by atoms with Gasteiger partial charge in [-0.15, -0.1) is 0 Å². The first-order valence-corrected chi connectivity index (χ1v) is 12.1. The van der Waals surface area contributed by atoms with Gasteiger partial charge in [-0.1, -0.05) is 0 Å². The molecule has 0 spiro atoms. The zero-order valence-electron chi connectivity index (χ0n) is 9.67. The average Bonchev–Trinajstić information content (AvgIpc) is 2.30. The molecule has 2 aliphatic rings. The van der Waals surface area contributed by atoms with Crippen LogP contribution in [0, 0.1) is 0 Å². The standard InChI is InChI=1S/2C6H11.CH3.Sb/c2*1-2-4-6-5-3-1;;/h2*1H,2-6H2;1H3;. The fourth-order valence-electron chi connectivity index (χ4n) is 3.27. The van der Waals surface area contributed by atoms with Crippen LogP contribution in [0.25, 0.3) is 0 Å². The van der Waals surface area contributed by atoms with Gasteiger partial charge in [-0.2, -0.15) is 0 Å². The van der Waals surface area contributed by atoms with Crippen LogP contribution in [0.1, 0.15) is 64.2 Å². The van der Waals surface area contributed by atoms with Crippen LogP contribution in [0.15, 0.2) is 0 Å². The molecule has 0 aromatic rings. The molecule has 0 N–H and O–H groups in total. The van der Waals surface area contributed by atoms with Gasteiger partial charge in [0, 0.05) is 0 Å². The van der Waals surface area contributed by atoms with E-state index in [1.165, 1.54) is 20.6 Å². The zero-order valence-corrected chi connectivity index (χ0v) is 12.2. The van der Waals surface area contributed by atoms with E-state index in [1.54, 1.807) is 51.4 Å². The maximum absolute atomic E-state index is 2.73. The Balaban J connectivity index is 1.82. The van der Waals surface area contributed by atoms with Gasteiger partial charge in [0.05, 0.1) is 0 Å². The van der Waals surface area contributed by atoms with E-state index in [-0.39, 0.29) is 0 Å². The molecular formula is C13H25Sb. The van der Waals surface area contributed by atoms with Crippen molar-refractivity contribution < 1.29 is 0 Å². The number of hydrogen-bond acceptors (Lipinski definition) is 0. The monoisotopic (exact) mass is 302 g/mol. The fourth-order valence-corrected chi connectivity index (χ4v) is 11.7. The van der Waals surface area contributed by atoms with Crippen LogP contribution in [-0.2, 0) is 0 Å². The van der Waals surface area contributed by atoms with E-state index in [9.17, 15) is 0 Å². The molecule has 0 nitrogen and oxygen atoms in total. The molecule has 14 heavy (non-hydrogen) atoms. The average molecular weight is 303 g/mol. The Bertz CT molecular complexity index is 137. The Labute approximate surface area is 96.8 Å². The van der Waals surface area contributed by atoms with Crippen molar-refractivity contribution in [1.82, 2.24) is 0 Å². The summed E-state index contributed by atoms with van der Waals surface area (Å²) in [5.74, 6) is 0. The molecule has 82 valence electrons. The molecule has 2 saturated carbocycles. The van der Waals surface area contributed by atoms with Crippen molar-refractivity contribution in [1.29, 1.82) is 0 Å². The quantitative estimate of drug-likeness (QED) is 0.644. The summed E-state index contributed by atoms with van der Waals surface area (Å²) in [6, 6.07) is 0. The molecule has 0 heterocycles. The third kappa shape index (κ3) is 2.91. The maximum atomic E-state index is 2.73. The molecule has 2 aliphatic carbocycles. The summed E-state index contributed by atoms with van der Waals surface area (Å²) in [4.78, 5) is 2.73. The van der Waals surface area contributed by atoms with E-state index >= 15 is 0 Å². The molecule has 0 bridgehead atoms. The van der Waals surface area contributed by atoms with Crippen LogP contribution in [0.5, 0.6) is 0 Å². The van der Waals surface area contributed by atoms with E-state index in [2.05, 4.69) is 4.87 Å². The predicted octanol–water partition coefficient (Wildman–Crippen LogP) is 4.78. The number of hydrogen-bond donors (Lipinski definition) is 0. The van der Waals surface area contributed by atoms with Gasteiger partial charge in [0.2, 0.25) is 0 Å². The van der Waals surface area contributed by atoms with Gasteiger partial charge in [-0.3, -0.25) is 0 Å². The molecule has 0 aromatic carbocycles. The van der Waals surface area contributed by atoms with Gasteiger partial charge in [0.1, 0.15) is 0 Å². The van der Waals surface area contributed by atoms with E-state index in [0.29, 0.717) is 0 Å². The molecule has 0 amide bonds. The zero-order chi connectivity index (χ0) is 9.80. The summed E-state index contributed by atoms with van der Waals surface area (Å²) in [7, 11) is 0.